The minimum Gasteiger partial charge on any atom is -0.340 e. The molecule has 2 unspecified atom stereocenters. The Kier molecular flexibility index (Phi) is 5.87. The number of benzene rings is 1. The van der Waals surface area contributed by atoms with Crippen LogP contribution < -0.4 is 0 Å². The van der Waals surface area contributed by atoms with Gasteiger partial charge < -0.3 is 4.90 Å². The van der Waals surface area contributed by atoms with E-state index in [4.69, 9.17) is 0 Å². The molecule has 1 aromatic rings. The quantitative estimate of drug-likeness (QED) is 0.718. The van der Waals surface area contributed by atoms with Crippen LogP contribution in [0.15, 0.2) is 23.1 Å². The summed E-state index contributed by atoms with van der Waals surface area (Å²) in [6.45, 7) is 0.470. The van der Waals surface area contributed by atoms with Crippen LogP contribution in [-0.2, 0) is 27.7 Å². The van der Waals surface area contributed by atoms with E-state index in [1.54, 1.807) is 12.1 Å². The molecule has 30 heavy (non-hydrogen) atoms. The lowest BCUT2D eigenvalue weighted by molar-refractivity contribution is -0.201. The molecule has 2 atom stereocenters. The van der Waals surface area contributed by atoms with Crippen LogP contribution in [0.5, 0.6) is 0 Å². The van der Waals surface area contributed by atoms with E-state index >= 15 is 0 Å². The Morgan fingerprint density at radius 2 is 1.60 bits per heavy atom. The number of hydrogen-bond acceptors (Lipinski definition) is 3. The number of sulfonamides is 1. The van der Waals surface area contributed by atoms with E-state index in [9.17, 15) is 26.4 Å². The molecule has 0 spiro atoms. The summed E-state index contributed by atoms with van der Waals surface area (Å²) < 4.78 is 67.5. The average Bonchev–Trinajstić information content (AvgIpc) is 3.20. The number of piperazine rings is 1. The van der Waals surface area contributed by atoms with Gasteiger partial charge >= 0.3 is 6.18 Å². The van der Waals surface area contributed by atoms with Crippen molar-refractivity contribution in [2.75, 3.05) is 26.2 Å². The fraction of sp³-hybridized carbons (Fsp3) is 0.667. The number of halogens is 3. The molecule has 2 fully saturated rings. The molecular weight excluding hydrogens is 417 g/mol. The number of hydrogen-bond donors (Lipinski definition) is 0. The molecule has 1 heterocycles. The summed E-state index contributed by atoms with van der Waals surface area (Å²) in [6.07, 6.45) is -0.155. The van der Waals surface area contributed by atoms with Gasteiger partial charge in [0.05, 0.1) is 10.8 Å². The third-order valence-electron chi connectivity index (χ3n) is 6.76. The molecule has 1 saturated heterocycles. The van der Waals surface area contributed by atoms with E-state index in [1.807, 2.05) is 6.07 Å². The van der Waals surface area contributed by atoms with E-state index in [2.05, 4.69) is 0 Å². The second-order valence-corrected chi connectivity index (χ2v) is 10.5. The molecule has 0 radical (unpaired) electrons. The molecule has 1 aromatic carbocycles. The first-order chi connectivity index (χ1) is 14.2. The van der Waals surface area contributed by atoms with Crippen molar-refractivity contribution < 1.29 is 26.4 Å². The maximum Gasteiger partial charge on any atom is 0.392 e. The molecule has 9 heteroatoms. The summed E-state index contributed by atoms with van der Waals surface area (Å²) in [5, 5.41) is 0. The van der Waals surface area contributed by atoms with Gasteiger partial charge in [-0.3, -0.25) is 4.79 Å². The Labute approximate surface area is 175 Å². The summed E-state index contributed by atoms with van der Waals surface area (Å²) in [5.41, 5.74) is 2.26. The minimum absolute atomic E-state index is 0.00736. The summed E-state index contributed by atoms with van der Waals surface area (Å²) in [7, 11) is -3.68. The van der Waals surface area contributed by atoms with Gasteiger partial charge in [-0.2, -0.15) is 17.5 Å². The third kappa shape index (κ3) is 4.10. The molecule has 166 valence electrons. The summed E-state index contributed by atoms with van der Waals surface area (Å²) in [6, 6.07) is 5.24. The number of nitrogens with zero attached hydrogens (tertiary/aromatic N) is 2. The van der Waals surface area contributed by atoms with Crippen LogP contribution in [0.2, 0.25) is 0 Å². The molecule has 4 rings (SSSR count). The molecule has 1 amide bonds. The summed E-state index contributed by atoms with van der Waals surface area (Å²) in [5.74, 6) is -3.11. The highest BCUT2D eigenvalue weighted by Crippen LogP contribution is 2.42. The zero-order valence-electron chi connectivity index (χ0n) is 16.8. The second-order valence-electron chi connectivity index (χ2n) is 8.55. The Morgan fingerprint density at radius 1 is 0.933 bits per heavy atom. The van der Waals surface area contributed by atoms with Crippen molar-refractivity contribution in [3.05, 3.63) is 29.3 Å². The van der Waals surface area contributed by atoms with Crippen molar-refractivity contribution in [2.24, 2.45) is 11.8 Å². The molecule has 0 bridgehead atoms. The Bertz CT molecular complexity index is 909. The van der Waals surface area contributed by atoms with Crippen molar-refractivity contribution >= 4 is 15.9 Å². The highest BCUT2D eigenvalue weighted by Gasteiger charge is 2.49. The van der Waals surface area contributed by atoms with E-state index in [0.29, 0.717) is 12.8 Å². The van der Waals surface area contributed by atoms with Gasteiger partial charge in [0.25, 0.3) is 0 Å². The molecule has 1 saturated carbocycles. The topological polar surface area (TPSA) is 57.7 Å². The van der Waals surface area contributed by atoms with Gasteiger partial charge in [0, 0.05) is 32.1 Å². The van der Waals surface area contributed by atoms with Crippen molar-refractivity contribution in [3.8, 4) is 0 Å². The van der Waals surface area contributed by atoms with E-state index in [-0.39, 0.29) is 43.9 Å². The number of alkyl halides is 3. The van der Waals surface area contributed by atoms with E-state index in [1.165, 1.54) is 14.8 Å². The maximum absolute atomic E-state index is 13.4. The van der Waals surface area contributed by atoms with Gasteiger partial charge in [-0.25, -0.2) is 8.42 Å². The van der Waals surface area contributed by atoms with Gasteiger partial charge in [0.2, 0.25) is 15.9 Å². The van der Waals surface area contributed by atoms with Crippen LogP contribution in [0.4, 0.5) is 13.2 Å². The first-order valence-electron chi connectivity index (χ1n) is 10.7. The lowest BCUT2D eigenvalue weighted by Crippen LogP contribution is -2.53. The first kappa shape index (κ1) is 21.6. The lowest BCUT2D eigenvalue weighted by Gasteiger charge is -2.39. The molecule has 5 nitrogen and oxygen atoms in total. The summed E-state index contributed by atoms with van der Waals surface area (Å²) in [4.78, 5) is 14.5. The average molecular weight is 445 g/mol. The molecule has 3 aliphatic rings. The second kappa shape index (κ2) is 8.15. The number of amides is 1. The third-order valence-corrected chi connectivity index (χ3v) is 8.66. The minimum atomic E-state index is -4.38. The highest BCUT2D eigenvalue weighted by molar-refractivity contribution is 7.89. The Morgan fingerprint density at radius 3 is 2.30 bits per heavy atom. The van der Waals surface area contributed by atoms with Gasteiger partial charge in [0.15, 0.2) is 0 Å². The molecule has 0 aromatic heterocycles. The SMILES string of the molecule is O=C(C1CCCCC1C(F)(F)F)N1CCN(S(=O)(=O)c2ccc3c(c2)CCC3)CC1. The highest BCUT2D eigenvalue weighted by atomic mass is 32.2. The van der Waals surface area contributed by atoms with Crippen LogP contribution in [0.25, 0.3) is 0 Å². The smallest absolute Gasteiger partial charge is 0.340 e. The normalized spacial score (nSPS) is 25.9. The fourth-order valence-corrected chi connectivity index (χ4v) is 6.53. The Balaban J connectivity index is 1.42. The number of fused-ring (bicyclic) bond motifs is 1. The van der Waals surface area contributed by atoms with Crippen LogP contribution in [0.1, 0.15) is 43.2 Å². The standard InChI is InChI=1S/C21H27F3N2O3S/c22-21(23,24)19-7-2-1-6-18(19)20(27)25-10-12-26(13-11-25)30(28,29)17-9-8-15-4-3-5-16(15)14-17/h8-9,14,18-19H,1-7,10-13H2. The van der Waals surface area contributed by atoms with Crippen molar-refractivity contribution in [3.63, 3.8) is 0 Å². The van der Waals surface area contributed by atoms with Crippen LogP contribution in [0, 0.1) is 11.8 Å². The fourth-order valence-electron chi connectivity index (χ4n) is 5.06. The molecule has 1 aliphatic heterocycles. The van der Waals surface area contributed by atoms with Crippen molar-refractivity contribution in [2.45, 2.75) is 56.0 Å². The zero-order valence-corrected chi connectivity index (χ0v) is 17.6. The van der Waals surface area contributed by atoms with Crippen LogP contribution >= 0.6 is 0 Å². The predicted molar refractivity (Wildman–Crippen MR) is 105 cm³/mol. The van der Waals surface area contributed by atoms with Gasteiger partial charge in [0.1, 0.15) is 0 Å². The van der Waals surface area contributed by atoms with E-state index in [0.717, 1.165) is 24.8 Å². The first-order valence-corrected chi connectivity index (χ1v) is 12.1. The lowest BCUT2D eigenvalue weighted by atomic mass is 9.78. The van der Waals surface area contributed by atoms with Gasteiger partial charge in [-0.05, 0) is 55.4 Å². The Hall–Kier alpha value is -1.61. The molecule has 2 aliphatic carbocycles. The van der Waals surface area contributed by atoms with Gasteiger partial charge in [-0.1, -0.05) is 18.9 Å². The number of aryl methyl sites for hydroxylation is 2. The van der Waals surface area contributed by atoms with E-state index < -0.39 is 33.9 Å². The predicted octanol–water partition coefficient (Wildman–Crippen LogP) is 3.38. The van der Waals surface area contributed by atoms with Crippen LogP contribution in [0.3, 0.4) is 0 Å². The number of rotatable bonds is 3. The number of carbonyl (C=O) groups is 1. The monoisotopic (exact) mass is 444 g/mol. The largest absolute Gasteiger partial charge is 0.392 e. The number of carbonyl (C=O) groups excluding carboxylic acids is 1. The molecule has 0 N–H and O–H groups in total. The van der Waals surface area contributed by atoms with Crippen molar-refractivity contribution in [1.82, 2.24) is 9.21 Å². The zero-order chi connectivity index (χ0) is 21.5. The van der Waals surface area contributed by atoms with Crippen LogP contribution in [-0.4, -0.2) is 55.9 Å². The van der Waals surface area contributed by atoms with Crippen molar-refractivity contribution in [1.29, 1.82) is 0 Å². The summed E-state index contributed by atoms with van der Waals surface area (Å²) >= 11 is 0. The van der Waals surface area contributed by atoms with Gasteiger partial charge in [-0.15, -0.1) is 0 Å². The molecular formula is C21H27F3N2O3S. The maximum atomic E-state index is 13.4.